The lowest BCUT2D eigenvalue weighted by Crippen LogP contribution is -2.36. The van der Waals surface area contributed by atoms with E-state index in [0.717, 1.165) is 25.9 Å². The Hall–Kier alpha value is -1.95. The first-order valence-corrected chi connectivity index (χ1v) is 8.57. The van der Waals surface area contributed by atoms with E-state index >= 15 is 0 Å². The first kappa shape index (κ1) is 18.4. The van der Waals surface area contributed by atoms with Crippen molar-refractivity contribution in [2.75, 3.05) is 26.2 Å². The van der Waals surface area contributed by atoms with Gasteiger partial charge in [0.1, 0.15) is 5.82 Å². The summed E-state index contributed by atoms with van der Waals surface area (Å²) in [5.74, 6) is 0.363. The van der Waals surface area contributed by atoms with Gasteiger partial charge in [-0.3, -0.25) is 9.59 Å². The molecule has 0 saturated carbocycles. The van der Waals surface area contributed by atoms with Crippen molar-refractivity contribution in [3.63, 3.8) is 0 Å². The fourth-order valence-corrected chi connectivity index (χ4v) is 3.03. The van der Waals surface area contributed by atoms with Crippen molar-refractivity contribution in [1.82, 2.24) is 16.0 Å². The lowest BCUT2D eigenvalue weighted by atomic mass is 9.84. The van der Waals surface area contributed by atoms with Crippen LogP contribution < -0.4 is 16.0 Å². The minimum Gasteiger partial charge on any atom is -0.354 e. The number of halogens is 1. The second kappa shape index (κ2) is 9.37. The molecule has 132 valence electrons. The van der Waals surface area contributed by atoms with Crippen LogP contribution in [0, 0.1) is 17.7 Å². The standard InChI is InChI=1S/C18H26FN3O2/c1-13(14-6-8-20-9-7-14)12-17(23)21-10-11-22-18(24)15-2-4-16(19)5-3-15/h2-5,13-14,20H,6-12H2,1H3,(H,21,23)(H,22,24). The topological polar surface area (TPSA) is 70.2 Å². The van der Waals surface area contributed by atoms with E-state index < -0.39 is 0 Å². The van der Waals surface area contributed by atoms with E-state index in [2.05, 4.69) is 22.9 Å². The highest BCUT2D eigenvalue weighted by atomic mass is 19.1. The highest BCUT2D eigenvalue weighted by Gasteiger charge is 2.21. The van der Waals surface area contributed by atoms with Crippen molar-refractivity contribution in [2.45, 2.75) is 26.2 Å². The largest absolute Gasteiger partial charge is 0.354 e. The van der Waals surface area contributed by atoms with Gasteiger partial charge >= 0.3 is 0 Å². The molecule has 1 unspecified atom stereocenters. The fraction of sp³-hybridized carbons (Fsp3) is 0.556. The molecule has 2 amide bonds. The Morgan fingerprint density at radius 2 is 1.79 bits per heavy atom. The van der Waals surface area contributed by atoms with Crippen LogP contribution in [0.5, 0.6) is 0 Å². The molecule has 0 spiro atoms. The SMILES string of the molecule is CC(CC(=O)NCCNC(=O)c1ccc(F)cc1)C1CCNCC1. The van der Waals surface area contributed by atoms with Gasteiger partial charge < -0.3 is 16.0 Å². The molecule has 2 rings (SSSR count). The zero-order chi connectivity index (χ0) is 17.4. The predicted octanol–water partition coefficient (Wildman–Crippen LogP) is 1.70. The third-order valence-corrected chi connectivity index (χ3v) is 4.54. The van der Waals surface area contributed by atoms with Gasteiger partial charge in [-0.15, -0.1) is 0 Å². The average Bonchev–Trinajstić information content (AvgIpc) is 2.60. The normalized spacial score (nSPS) is 16.4. The highest BCUT2D eigenvalue weighted by molar-refractivity contribution is 5.94. The number of nitrogens with one attached hydrogen (secondary N) is 3. The van der Waals surface area contributed by atoms with Gasteiger partial charge in [-0.05, 0) is 62.0 Å². The van der Waals surface area contributed by atoms with Crippen LogP contribution in [0.4, 0.5) is 4.39 Å². The minimum absolute atomic E-state index is 0.0251. The van der Waals surface area contributed by atoms with E-state index in [4.69, 9.17) is 0 Å². The first-order valence-electron chi connectivity index (χ1n) is 8.57. The van der Waals surface area contributed by atoms with Crippen molar-refractivity contribution in [3.8, 4) is 0 Å². The molecule has 1 fully saturated rings. The number of piperidine rings is 1. The maximum absolute atomic E-state index is 12.8. The second-order valence-corrected chi connectivity index (χ2v) is 6.38. The van der Waals surface area contributed by atoms with Crippen molar-refractivity contribution < 1.29 is 14.0 Å². The predicted molar refractivity (Wildman–Crippen MR) is 91.1 cm³/mol. The summed E-state index contributed by atoms with van der Waals surface area (Å²) in [7, 11) is 0. The lowest BCUT2D eigenvalue weighted by Gasteiger charge is -2.27. The molecule has 1 aromatic carbocycles. The molecule has 24 heavy (non-hydrogen) atoms. The summed E-state index contributed by atoms with van der Waals surface area (Å²) in [5, 5.41) is 8.88. The summed E-state index contributed by atoms with van der Waals surface area (Å²) in [6.07, 6.45) is 2.78. The average molecular weight is 335 g/mol. The van der Waals surface area contributed by atoms with Crippen LogP contribution in [0.1, 0.15) is 36.5 Å². The minimum atomic E-state index is -0.373. The summed E-state index contributed by atoms with van der Waals surface area (Å²) >= 11 is 0. The van der Waals surface area contributed by atoms with E-state index in [9.17, 15) is 14.0 Å². The molecule has 0 radical (unpaired) electrons. The van der Waals surface area contributed by atoms with Gasteiger partial charge in [0.15, 0.2) is 0 Å². The Morgan fingerprint density at radius 3 is 2.46 bits per heavy atom. The van der Waals surface area contributed by atoms with Gasteiger partial charge in [0.2, 0.25) is 5.91 Å². The molecular weight excluding hydrogens is 309 g/mol. The molecule has 3 N–H and O–H groups in total. The number of hydrogen-bond acceptors (Lipinski definition) is 3. The van der Waals surface area contributed by atoms with E-state index in [1.54, 1.807) is 0 Å². The van der Waals surface area contributed by atoms with Crippen molar-refractivity contribution in [2.24, 2.45) is 11.8 Å². The molecule has 6 heteroatoms. The maximum Gasteiger partial charge on any atom is 0.251 e. The van der Waals surface area contributed by atoms with Crippen LogP contribution in [0.3, 0.4) is 0 Å². The van der Waals surface area contributed by atoms with Gasteiger partial charge in [0.25, 0.3) is 5.91 Å². The molecule has 5 nitrogen and oxygen atoms in total. The van der Waals surface area contributed by atoms with E-state index in [1.807, 2.05) is 0 Å². The number of benzene rings is 1. The zero-order valence-corrected chi connectivity index (χ0v) is 14.1. The number of hydrogen-bond donors (Lipinski definition) is 3. The van der Waals surface area contributed by atoms with Crippen molar-refractivity contribution >= 4 is 11.8 Å². The number of rotatable bonds is 7. The molecule has 1 aliphatic rings. The van der Waals surface area contributed by atoms with Crippen molar-refractivity contribution in [1.29, 1.82) is 0 Å². The van der Waals surface area contributed by atoms with E-state index in [0.29, 0.717) is 36.9 Å². The lowest BCUT2D eigenvalue weighted by molar-refractivity contribution is -0.122. The molecule has 1 saturated heterocycles. The van der Waals surface area contributed by atoms with Crippen LogP contribution in [0.25, 0.3) is 0 Å². The summed E-state index contributed by atoms with van der Waals surface area (Å²) in [6, 6.07) is 5.37. The van der Waals surface area contributed by atoms with Gasteiger partial charge in [-0.1, -0.05) is 6.92 Å². The Bertz CT molecular complexity index is 542. The van der Waals surface area contributed by atoms with Crippen LogP contribution in [0.15, 0.2) is 24.3 Å². The Balaban J connectivity index is 1.61. The van der Waals surface area contributed by atoms with Crippen LogP contribution in [0.2, 0.25) is 0 Å². The quantitative estimate of drug-likeness (QED) is 0.664. The maximum atomic E-state index is 12.8. The summed E-state index contributed by atoms with van der Waals surface area (Å²) in [5.41, 5.74) is 0.405. The molecule has 0 aromatic heterocycles. The zero-order valence-electron chi connectivity index (χ0n) is 14.1. The monoisotopic (exact) mass is 335 g/mol. The molecule has 1 atom stereocenters. The molecule has 0 aliphatic carbocycles. The number of carbonyl (C=O) groups excluding carboxylic acids is 2. The Kier molecular flexibility index (Phi) is 7.18. The number of carbonyl (C=O) groups is 2. The highest BCUT2D eigenvalue weighted by Crippen LogP contribution is 2.23. The smallest absolute Gasteiger partial charge is 0.251 e. The fourth-order valence-electron chi connectivity index (χ4n) is 3.03. The second-order valence-electron chi connectivity index (χ2n) is 6.38. The van der Waals surface area contributed by atoms with E-state index in [1.165, 1.54) is 24.3 Å². The third-order valence-electron chi connectivity index (χ3n) is 4.54. The Labute approximate surface area is 142 Å². The molecule has 0 bridgehead atoms. The summed E-state index contributed by atoms with van der Waals surface area (Å²) in [6.45, 7) is 4.94. The summed E-state index contributed by atoms with van der Waals surface area (Å²) in [4.78, 5) is 23.8. The molecule has 1 heterocycles. The molecule has 1 aliphatic heterocycles. The number of amides is 2. The molecule has 1 aromatic rings. The van der Waals surface area contributed by atoms with Gasteiger partial charge in [-0.2, -0.15) is 0 Å². The van der Waals surface area contributed by atoms with Crippen LogP contribution in [-0.4, -0.2) is 38.0 Å². The van der Waals surface area contributed by atoms with Gasteiger partial charge in [0, 0.05) is 25.1 Å². The third kappa shape index (κ3) is 5.92. The Morgan fingerprint density at radius 1 is 1.17 bits per heavy atom. The van der Waals surface area contributed by atoms with Gasteiger partial charge in [-0.25, -0.2) is 4.39 Å². The van der Waals surface area contributed by atoms with Crippen LogP contribution in [-0.2, 0) is 4.79 Å². The van der Waals surface area contributed by atoms with Crippen molar-refractivity contribution in [3.05, 3.63) is 35.6 Å². The van der Waals surface area contributed by atoms with Crippen LogP contribution >= 0.6 is 0 Å². The van der Waals surface area contributed by atoms with E-state index in [-0.39, 0.29) is 17.6 Å². The first-order chi connectivity index (χ1) is 11.6. The van der Waals surface area contributed by atoms with Gasteiger partial charge in [0.05, 0.1) is 0 Å². The molecular formula is C18H26FN3O2. The summed E-state index contributed by atoms with van der Waals surface area (Å²) < 4.78 is 12.8.